The molecule has 0 radical (unpaired) electrons. The van der Waals surface area contributed by atoms with Crippen molar-refractivity contribution in [1.29, 1.82) is 0 Å². The summed E-state index contributed by atoms with van der Waals surface area (Å²) in [6.45, 7) is 4.11. The highest BCUT2D eigenvalue weighted by Gasteiger charge is 2.42. The van der Waals surface area contributed by atoms with Crippen LogP contribution in [0.25, 0.3) is 0 Å². The van der Waals surface area contributed by atoms with E-state index in [4.69, 9.17) is 4.74 Å². The van der Waals surface area contributed by atoms with Crippen LogP contribution in [0.15, 0.2) is 43.0 Å². The Hall–Kier alpha value is -2.10. The molecule has 2 fully saturated rings. The molecule has 2 amide bonds. The number of carbonyl (C=O) groups excluding carboxylic acids is 2. The maximum absolute atomic E-state index is 13.2. The zero-order valence-electron chi connectivity index (χ0n) is 14.7. The van der Waals surface area contributed by atoms with Crippen LogP contribution in [0.1, 0.15) is 44.1 Å². The van der Waals surface area contributed by atoms with Crippen LogP contribution in [0.3, 0.4) is 0 Å². The van der Waals surface area contributed by atoms with Gasteiger partial charge in [-0.25, -0.2) is 9.69 Å². The second kappa shape index (κ2) is 8.32. The van der Waals surface area contributed by atoms with E-state index in [2.05, 4.69) is 6.58 Å². The van der Waals surface area contributed by atoms with Gasteiger partial charge in [-0.2, -0.15) is 0 Å². The van der Waals surface area contributed by atoms with Gasteiger partial charge in [-0.3, -0.25) is 4.79 Å². The average Bonchev–Trinajstić information content (AvgIpc) is 3.01. The van der Waals surface area contributed by atoms with Gasteiger partial charge in [0.05, 0.1) is 6.04 Å². The van der Waals surface area contributed by atoms with Crippen LogP contribution in [0.4, 0.5) is 4.79 Å². The third-order valence-corrected chi connectivity index (χ3v) is 5.47. The molecule has 4 nitrogen and oxygen atoms in total. The van der Waals surface area contributed by atoms with Crippen molar-refractivity contribution in [1.82, 2.24) is 4.90 Å². The summed E-state index contributed by atoms with van der Waals surface area (Å²) in [6.07, 6.45) is 8.31. The average molecular weight is 341 g/mol. The van der Waals surface area contributed by atoms with Crippen molar-refractivity contribution in [3.05, 3.63) is 48.6 Å². The molecule has 1 saturated carbocycles. The van der Waals surface area contributed by atoms with Crippen molar-refractivity contribution >= 4 is 12.0 Å². The highest BCUT2D eigenvalue weighted by Crippen LogP contribution is 2.34. The molecular formula is C21H27NO3. The van der Waals surface area contributed by atoms with Crippen LogP contribution < -0.4 is 0 Å². The minimum absolute atomic E-state index is 0.0739. The van der Waals surface area contributed by atoms with E-state index in [0.717, 1.165) is 18.4 Å². The first-order valence-electron chi connectivity index (χ1n) is 9.35. The molecule has 1 aliphatic heterocycles. The van der Waals surface area contributed by atoms with E-state index in [1.165, 1.54) is 24.2 Å². The van der Waals surface area contributed by atoms with Gasteiger partial charge in [0.1, 0.15) is 6.61 Å². The van der Waals surface area contributed by atoms with E-state index >= 15 is 0 Å². The lowest BCUT2D eigenvalue weighted by molar-refractivity contribution is -0.135. The third-order valence-electron chi connectivity index (χ3n) is 5.47. The monoisotopic (exact) mass is 341 g/mol. The van der Waals surface area contributed by atoms with Crippen LogP contribution >= 0.6 is 0 Å². The van der Waals surface area contributed by atoms with Gasteiger partial charge in [0, 0.05) is 5.92 Å². The molecule has 0 aromatic heterocycles. The molecule has 1 aromatic rings. The first-order chi connectivity index (χ1) is 12.2. The largest absolute Gasteiger partial charge is 0.447 e. The molecule has 2 atom stereocenters. The lowest BCUT2D eigenvalue weighted by Gasteiger charge is -2.32. The Bertz CT molecular complexity index is 607. The van der Waals surface area contributed by atoms with Gasteiger partial charge in [0.15, 0.2) is 0 Å². The van der Waals surface area contributed by atoms with E-state index in [1.54, 1.807) is 0 Å². The maximum atomic E-state index is 13.2. The molecule has 1 aromatic carbocycles. The zero-order chi connectivity index (χ0) is 17.6. The fourth-order valence-electron chi connectivity index (χ4n) is 4.16. The fourth-order valence-corrected chi connectivity index (χ4v) is 4.16. The summed E-state index contributed by atoms with van der Waals surface area (Å²) < 4.78 is 5.23. The summed E-state index contributed by atoms with van der Waals surface area (Å²) >= 11 is 0. The van der Waals surface area contributed by atoms with Gasteiger partial charge < -0.3 is 4.74 Å². The number of nitrogens with zero attached hydrogens (tertiary/aromatic N) is 1. The number of imide groups is 1. The van der Waals surface area contributed by atoms with Crippen LogP contribution in [0.5, 0.6) is 0 Å². The molecule has 25 heavy (non-hydrogen) atoms. The summed E-state index contributed by atoms with van der Waals surface area (Å²) in [4.78, 5) is 26.9. The highest BCUT2D eigenvalue weighted by atomic mass is 16.6. The first kappa shape index (κ1) is 17.7. The number of amides is 2. The Morgan fingerprint density at radius 2 is 1.96 bits per heavy atom. The SMILES string of the molecule is C=CC[C@@H](C(=O)N1C(=O)OC[C@H]1Cc1ccccc1)C1CCCCC1. The maximum Gasteiger partial charge on any atom is 0.416 e. The molecule has 1 aliphatic carbocycles. The van der Waals surface area contributed by atoms with Gasteiger partial charge >= 0.3 is 6.09 Å². The van der Waals surface area contributed by atoms with Crippen LogP contribution in [-0.4, -0.2) is 29.5 Å². The van der Waals surface area contributed by atoms with Crippen molar-refractivity contribution in [3.8, 4) is 0 Å². The molecule has 0 unspecified atom stereocenters. The summed E-state index contributed by atoms with van der Waals surface area (Å²) in [5, 5.41) is 0. The van der Waals surface area contributed by atoms with Crippen molar-refractivity contribution in [2.24, 2.45) is 11.8 Å². The second-order valence-electron chi connectivity index (χ2n) is 7.16. The molecule has 0 spiro atoms. The standard InChI is InChI=1S/C21H27NO3/c1-2-9-19(17-12-7-4-8-13-17)20(23)22-18(15-25-21(22)24)14-16-10-5-3-6-11-16/h2-3,5-6,10-11,17-19H,1,4,7-9,12-15H2/t18-,19-/m1/s1. The summed E-state index contributed by atoms with van der Waals surface area (Å²) in [5.41, 5.74) is 1.11. The van der Waals surface area contributed by atoms with Crippen molar-refractivity contribution in [2.45, 2.75) is 51.0 Å². The molecule has 3 rings (SSSR count). The smallest absolute Gasteiger partial charge is 0.416 e. The van der Waals surface area contributed by atoms with Crippen molar-refractivity contribution < 1.29 is 14.3 Å². The second-order valence-corrected chi connectivity index (χ2v) is 7.16. The topological polar surface area (TPSA) is 46.6 Å². The first-order valence-corrected chi connectivity index (χ1v) is 9.35. The fraction of sp³-hybridized carbons (Fsp3) is 0.524. The van der Waals surface area contributed by atoms with E-state index in [0.29, 0.717) is 18.8 Å². The Morgan fingerprint density at radius 3 is 2.64 bits per heavy atom. The van der Waals surface area contributed by atoms with Crippen molar-refractivity contribution in [3.63, 3.8) is 0 Å². The molecule has 0 N–H and O–H groups in total. The number of hydrogen-bond acceptors (Lipinski definition) is 3. The summed E-state index contributed by atoms with van der Waals surface area (Å²) in [6, 6.07) is 9.75. The quantitative estimate of drug-likeness (QED) is 0.723. The zero-order valence-corrected chi connectivity index (χ0v) is 14.7. The van der Waals surface area contributed by atoms with Crippen molar-refractivity contribution in [2.75, 3.05) is 6.61 Å². The molecule has 4 heteroatoms. The summed E-state index contributed by atoms with van der Waals surface area (Å²) in [7, 11) is 0. The van der Waals surface area contributed by atoms with Gasteiger partial charge in [0.25, 0.3) is 0 Å². The normalized spacial score (nSPS) is 22.5. The van der Waals surface area contributed by atoms with Crippen LogP contribution in [-0.2, 0) is 16.0 Å². The van der Waals surface area contributed by atoms with Gasteiger partial charge in [-0.15, -0.1) is 6.58 Å². The molecular weight excluding hydrogens is 314 g/mol. The Labute approximate surface area is 149 Å². The number of benzene rings is 1. The van der Waals surface area contributed by atoms with Gasteiger partial charge in [-0.05, 0) is 37.2 Å². The third kappa shape index (κ3) is 4.12. The summed E-state index contributed by atoms with van der Waals surface area (Å²) in [5.74, 6) is 0.127. The Morgan fingerprint density at radius 1 is 1.24 bits per heavy atom. The predicted octanol–water partition coefficient (Wildman–Crippen LogP) is 4.35. The molecule has 0 bridgehead atoms. The van der Waals surface area contributed by atoms with Crippen LogP contribution in [0, 0.1) is 11.8 Å². The Kier molecular flexibility index (Phi) is 5.90. The Balaban J connectivity index is 1.76. The van der Waals surface area contributed by atoms with E-state index < -0.39 is 6.09 Å². The highest BCUT2D eigenvalue weighted by molar-refractivity contribution is 5.95. The van der Waals surface area contributed by atoms with E-state index in [1.807, 2.05) is 36.4 Å². The molecule has 134 valence electrons. The van der Waals surface area contributed by atoms with E-state index in [9.17, 15) is 9.59 Å². The number of hydrogen-bond donors (Lipinski definition) is 0. The lowest BCUT2D eigenvalue weighted by Crippen LogP contribution is -2.45. The van der Waals surface area contributed by atoms with Crippen LogP contribution in [0.2, 0.25) is 0 Å². The minimum atomic E-state index is -0.490. The number of cyclic esters (lactones) is 1. The predicted molar refractivity (Wildman–Crippen MR) is 97.0 cm³/mol. The number of ether oxygens (including phenoxy) is 1. The van der Waals surface area contributed by atoms with Gasteiger partial charge in [-0.1, -0.05) is 55.7 Å². The molecule has 1 heterocycles. The minimum Gasteiger partial charge on any atom is -0.447 e. The number of rotatable bonds is 6. The number of allylic oxidation sites excluding steroid dienone is 1. The lowest BCUT2D eigenvalue weighted by atomic mass is 9.77. The van der Waals surface area contributed by atoms with E-state index in [-0.39, 0.29) is 24.5 Å². The number of carbonyl (C=O) groups is 2. The molecule has 1 saturated heterocycles. The van der Waals surface area contributed by atoms with Gasteiger partial charge in [0.2, 0.25) is 5.91 Å². The molecule has 2 aliphatic rings.